The third-order valence-corrected chi connectivity index (χ3v) is 18.8. The Morgan fingerprint density at radius 2 is 1.09 bits per heavy atom. The van der Waals surface area contributed by atoms with Crippen LogP contribution in [0.25, 0.3) is 0 Å². The van der Waals surface area contributed by atoms with Crippen molar-refractivity contribution in [1.29, 1.82) is 0 Å². The summed E-state index contributed by atoms with van der Waals surface area (Å²) in [4.78, 5) is 0. The van der Waals surface area contributed by atoms with Gasteiger partial charge in [0.25, 0.3) is 0 Å². The molecule has 8 bridgehead atoms. The molecule has 2 aromatic rings. The second-order valence-corrected chi connectivity index (χ2v) is 24.0. The molecule has 1 N–H and O–H groups in total. The highest BCUT2D eigenvalue weighted by molar-refractivity contribution is 7.84. The van der Waals surface area contributed by atoms with E-state index < -0.39 is 11.0 Å². The number of benzene rings is 2. The normalized spacial score (nSPS) is 38.8. The minimum atomic E-state index is -1.18. The van der Waals surface area contributed by atoms with Gasteiger partial charge in [0, 0.05) is 0 Å². The quantitative estimate of drug-likeness (QED) is 0.299. The molecule has 2 aromatic carbocycles. The zero-order valence-electron chi connectivity index (χ0n) is 28.9. The van der Waals surface area contributed by atoms with Crippen molar-refractivity contribution in [1.82, 2.24) is 4.72 Å². The summed E-state index contributed by atoms with van der Waals surface area (Å²) < 4.78 is 17.4. The van der Waals surface area contributed by atoms with Crippen LogP contribution >= 0.6 is 7.92 Å². The van der Waals surface area contributed by atoms with Gasteiger partial charge in [0.2, 0.25) is 0 Å². The van der Waals surface area contributed by atoms with Gasteiger partial charge in [-0.3, -0.25) is 0 Å². The van der Waals surface area contributed by atoms with Gasteiger partial charge in [-0.15, -0.1) is 0 Å². The van der Waals surface area contributed by atoms with Gasteiger partial charge in [-0.25, -0.2) is 8.93 Å². The summed E-state index contributed by atoms with van der Waals surface area (Å²) in [6.45, 7) is 13.2. The van der Waals surface area contributed by atoms with Crippen molar-refractivity contribution in [2.75, 3.05) is 0 Å². The van der Waals surface area contributed by atoms with E-state index in [0.29, 0.717) is 10.3 Å². The van der Waals surface area contributed by atoms with E-state index in [-0.39, 0.29) is 24.1 Å². The molecule has 45 heavy (non-hydrogen) atoms. The number of hydrogen-bond donors (Lipinski definition) is 1. The molecule has 8 fully saturated rings. The monoisotopic (exact) mass is 643 g/mol. The Bertz CT molecular complexity index is 1330. The lowest BCUT2D eigenvalue weighted by molar-refractivity contribution is 0.0195. The molecule has 4 heteroatoms. The number of rotatable bonds is 7. The highest BCUT2D eigenvalue weighted by Crippen LogP contribution is 2.78. The van der Waals surface area contributed by atoms with E-state index in [4.69, 9.17) is 0 Å². The SMILES string of the molecule is CC(C)(C)c1ccc([C@H](NS(=O)C(C)(C)C)c2ccccc2P(C23CC4CC(CC(C4)C2)C3)C23CC4CC(CC(C4)C2)C3)cc1. The molecule has 1 unspecified atom stereocenters. The summed E-state index contributed by atoms with van der Waals surface area (Å²) in [7, 11) is -1.54. The van der Waals surface area contributed by atoms with E-state index >= 15 is 0 Å². The van der Waals surface area contributed by atoms with E-state index in [1.807, 2.05) is 0 Å². The predicted molar refractivity (Wildman–Crippen MR) is 193 cm³/mol. The van der Waals surface area contributed by atoms with E-state index in [1.165, 1.54) is 93.7 Å². The largest absolute Gasteiger partial charge is 0.242 e. The first-order chi connectivity index (χ1) is 21.3. The smallest absolute Gasteiger partial charge is 0.0979 e. The molecule has 0 saturated heterocycles. The predicted octanol–water partition coefficient (Wildman–Crippen LogP) is 10.2. The van der Waals surface area contributed by atoms with Crippen LogP contribution in [0.4, 0.5) is 0 Å². The van der Waals surface area contributed by atoms with Crippen LogP contribution in [0.2, 0.25) is 0 Å². The summed E-state index contributed by atoms with van der Waals surface area (Å²) in [5.41, 5.74) is 4.17. The van der Waals surface area contributed by atoms with Crippen LogP contribution < -0.4 is 10.0 Å². The maximum atomic E-state index is 14.0. The zero-order chi connectivity index (χ0) is 31.4. The summed E-state index contributed by atoms with van der Waals surface area (Å²) >= 11 is 0. The molecule has 0 radical (unpaired) electrons. The Balaban J connectivity index is 1.29. The van der Waals surface area contributed by atoms with Crippen molar-refractivity contribution in [2.45, 2.75) is 145 Å². The first-order valence-electron chi connectivity index (χ1n) is 18.5. The summed E-state index contributed by atoms with van der Waals surface area (Å²) in [5, 5.41) is 2.71. The van der Waals surface area contributed by atoms with Crippen LogP contribution in [0.3, 0.4) is 0 Å². The van der Waals surface area contributed by atoms with Crippen molar-refractivity contribution >= 4 is 24.2 Å². The van der Waals surface area contributed by atoms with Crippen LogP contribution in [0.5, 0.6) is 0 Å². The van der Waals surface area contributed by atoms with Crippen LogP contribution in [-0.2, 0) is 16.4 Å². The van der Waals surface area contributed by atoms with Crippen molar-refractivity contribution in [3.63, 3.8) is 0 Å². The van der Waals surface area contributed by atoms with Gasteiger partial charge < -0.3 is 0 Å². The second-order valence-electron chi connectivity index (χ2n) is 19.0. The summed E-state index contributed by atoms with van der Waals surface area (Å²) in [6, 6.07) is 19.0. The Morgan fingerprint density at radius 1 is 0.667 bits per heavy atom. The minimum Gasteiger partial charge on any atom is -0.242 e. The topological polar surface area (TPSA) is 29.1 Å². The van der Waals surface area contributed by atoms with Crippen molar-refractivity contribution in [3.05, 3.63) is 65.2 Å². The summed E-state index contributed by atoms with van der Waals surface area (Å²) in [5.74, 6) is 5.80. The average Bonchev–Trinajstić information content (AvgIpc) is 2.94. The molecule has 244 valence electrons. The molecule has 0 amide bonds. The number of nitrogens with one attached hydrogen (secondary N) is 1. The molecule has 0 aromatic heterocycles. The molecule has 0 aliphatic heterocycles. The van der Waals surface area contributed by atoms with Gasteiger partial charge in [0.05, 0.1) is 21.8 Å². The average molecular weight is 644 g/mol. The molecule has 8 aliphatic carbocycles. The van der Waals surface area contributed by atoms with Crippen molar-refractivity contribution < 1.29 is 4.21 Å². The molecule has 8 saturated carbocycles. The van der Waals surface area contributed by atoms with E-state index in [9.17, 15) is 4.21 Å². The Kier molecular flexibility index (Phi) is 7.64. The lowest BCUT2D eigenvalue weighted by atomic mass is 9.55. The third-order valence-electron chi connectivity index (χ3n) is 13.3. The van der Waals surface area contributed by atoms with Crippen LogP contribution in [0, 0.1) is 35.5 Å². The molecule has 2 atom stereocenters. The Hall–Kier alpha value is -1.02. The lowest BCUT2D eigenvalue weighted by Crippen LogP contribution is -2.58. The standard InChI is InChI=1S/C41H58NOPS/c1-38(2,3)34-13-11-33(12-14-34)37(42-45(43)39(4,5)6)35-9-7-8-10-36(35)44(40-21-27-15-28(22-40)17-29(16-27)23-40)41-24-30-18-31(25-41)20-32(19-30)26-41/h7-14,27-32,37,42H,15-26H2,1-6H3/t27?,28?,29?,30?,31?,32?,37-,40?,41?,44?,45?/m0/s1. The van der Waals surface area contributed by atoms with E-state index in [0.717, 1.165) is 35.5 Å². The molecule has 0 spiro atoms. The molecule has 0 heterocycles. The molecule has 8 aliphatic rings. The number of hydrogen-bond acceptors (Lipinski definition) is 1. The van der Waals surface area contributed by atoms with Crippen molar-refractivity contribution in [2.24, 2.45) is 35.5 Å². The molecular formula is C41H58NOPS. The first kappa shape index (κ1) is 31.3. The zero-order valence-corrected chi connectivity index (χ0v) is 30.6. The van der Waals surface area contributed by atoms with Gasteiger partial charge in [-0.2, -0.15) is 0 Å². The fourth-order valence-corrected chi connectivity index (χ4v) is 18.6. The Labute approximate surface area is 278 Å². The maximum Gasteiger partial charge on any atom is 0.0979 e. The fourth-order valence-electron chi connectivity index (χ4n) is 12.4. The highest BCUT2D eigenvalue weighted by atomic mass is 32.2. The third kappa shape index (κ3) is 5.56. The van der Waals surface area contributed by atoms with Crippen LogP contribution in [0.15, 0.2) is 48.5 Å². The van der Waals surface area contributed by atoms with E-state index in [2.05, 4.69) is 94.8 Å². The molecule has 2 nitrogen and oxygen atoms in total. The first-order valence-corrected chi connectivity index (χ1v) is 21.0. The van der Waals surface area contributed by atoms with Crippen LogP contribution in [0.1, 0.15) is 141 Å². The van der Waals surface area contributed by atoms with E-state index in [1.54, 1.807) is 5.30 Å². The molecule has 10 rings (SSSR count). The molecular weight excluding hydrogens is 585 g/mol. The van der Waals surface area contributed by atoms with Gasteiger partial charge in [0.15, 0.2) is 0 Å². The van der Waals surface area contributed by atoms with Gasteiger partial charge >= 0.3 is 0 Å². The van der Waals surface area contributed by atoms with Crippen molar-refractivity contribution in [3.8, 4) is 0 Å². The van der Waals surface area contributed by atoms with Gasteiger partial charge in [-0.1, -0.05) is 77.2 Å². The maximum absolute atomic E-state index is 14.0. The van der Waals surface area contributed by atoms with Gasteiger partial charge in [-0.05, 0) is 171 Å². The van der Waals surface area contributed by atoms with Crippen LogP contribution in [-0.4, -0.2) is 19.3 Å². The second kappa shape index (κ2) is 11.0. The van der Waals surface area contributed by atoms with Gasteiger partial charge in [0.1, 0.15) is 0 Å². The fraction of sp³-hybridized carbons (Fsp3) is 0.707. The highest BCUT2D eigenvalue weighted by Gasteiger charge is 2.63. The minimum absolute atomic E-state index is 0.0666. The summed E-state index contributed by atoms with van der Waals surface area (Å²) in [6.07, 6.45) is 18.0. The Morgan fingerprint density at radius 3 is 1.49 bits per heavy atom. The lowest BCUT2D eigenvalue weighted by Gasteiger charge is -2.67.